The van der Waals surface area contributed by atoms with Gasteiger partial charge in [0.05, 0.1) is 5.41 Å². The number of hydrogen-bond acceptors (Lipinski definition) is 3. The van der Waals surface area contributed by atoms with Crippen LogP contribution >= 0.6 is 0 Å². The first-order valence-corrected chi connectivity index (χ1v) is 6.22. The van der Waals surface area contributed by atoms with E-state index in [-0.39, 0.29) is 17.2 Å². The van der Waals surface area contributed by atoms with Crippen molar-refractivity contribution in [1.29, 1.82) is 0 Å². The van der Waals surface area contributed by atoms with Crippen molar-refractivity contribution in [2.45, 2.75) is 32.7 Å². The van der Waals surface area contributed by atoms with E-state index < -0.39 is 12.0 Å². The summed E-state index contributed by atoms with van der Waals surface area (Å²) < 4.78 is 0. The fourth-order valence-corrected chi connectivity index (χ4v) is 3.03. The molecule has 0 aromatic heterocycles. The Morgan fingerprint density at radius 3 is 2.65 bits per heavy atom. The lowest BCUT2D eigenvalue weighted by Crippen LogP contribution is -2.48. The van der Waals surface area contributed by atoms with Crippen LogP contribution in [0, 0.1) is 11.3 Å². The Morgan fingerprint density at radius 2 is 2.18 bits per heavy atom. The van der Waals surface area contributed by atoms with Crippen molar-refractivity contribution in [2.75, 3.05) is 19.6 Å². The predicted molar refractivity (Wildman–Crippen MR) is 62.5 cm³/mol. The average Bonchev–Trinajstić information content (AvgIpc) is 2.81. The van der Waals surface area contributed by atoms with Crippen LogP contribution in [0.4, 0.5) is 0 Å². The molecule has 2 aliphatic heterocycles. The molecule has 2 rings (SSSR count). The maximum absolute atomic E-state index is 12.4. The number of rotatable bonds is 3. The minimum Gasteiger partial charge on any atom is -0.480 e. The van der Waals surface area contributed by atoms with Crippen molar-refractivity contribution in [1.82, 2.24) is 10.2 Å². The molecule has 0 aromatic carbocycles. The Balaban J connectivity index is 2.18. The first kappa shape index (κ1) is 12.4. The van der Waals surface area contributed by atoms with Gasteiger partial charge in [0.2, 0.25) is 5.91 Å². The van der Waals surface area contributed by atoms with E-state index in [4.69, 9.17) is 0 Å². The maximum atomic E-state index is 12.4. The molecule has 1 amide bonds. The summed E-state index contributed by atoms with van der Waals surface area (Å²) in [5, 5.41) is 12.5. The summed E-state index contributed by atoms with van der Waals surface area (Å²) in [5.74, 6) is -0.916. The van der Waals surface area contributed by atoms with Crippen LogP contribution in [0.1, 0.15) is 26.7 Å². The minimum atomic E-state index is -0.892. The Kier molecular flexibility index (Phi) is 3.12. The molecule has 0 aromatic rings. The molecule has 0 radical (unpaired) electrons. The summed E-state index contributed by atoms with van der Waals surface area (Å²) in [6, 6.07) is -0.678. The van der Waals surface area contributed by atoms with E-state index in [1.807, 2.05) is 13.8 Å². The molecule has 2 atom stereocenters. The molecule has 0 aliphatic carbocycles. The van der Waals surface area contributed by atoms with Gasteiger partial charge in [-0.2, -0.15) is 0 Å². The number of aliphatic carboxylic acids is 1. The Morgan fingerprint density at radius 1 is 1.47 bits per heavy atom. The van der Waals surface area contributed by atoms with Gasteiger partial charge in [-0.15, -0.1) is 0 Å². The zero-order valence-electron chi connectivity index (χ0n) is 10.4. The molecule has 1 unspecified atom stereocenters. The van der Waals surface area contributed by atoms with Crippen LogP contribution in [0.3, 0.4) is 0 Å². The number of carboxylic acid groups (broad SMARTS) is 1. The van der Waals surface area contributed by atoms with Crippen molar-refractivity contribution in [3.63, 3.8) is 0 Å². The molecule has 2 aliphatic rings. The van der Waals surface area contributed by atoms with Crippen LogP contribution in [-0.2, 0) is 9.59 Å². The van der Waals surface area contributed by atoms with Crippen molar-refractivity contribution in [3.05, 3.63) is 0 Å². The molecular formula is C12H20N2O3. The molecule has 1 spiro atoms. The third-order valence-electron chi connectivity index (χ3n) is 4.01. The number of carboxylic acids is 1. The SMILES string of the molecule is CC(C)[C@@H](C(=O)O)N1CCC2(CCNC2)C1=O. The van der Waals surface area contributed by atoms with Gasteiger partial charge in [0.1, 0.15) is 6.04 Å². The number of carbonyl (C=O) groups is 2. The van der Waals surface area contributed by atoms with Gasteiger partial charge in [-0.05, 0) is 25.3 Å². The standard InChI is InChI=1S/C12H20N2O3/c1-8(2)9(10(15)16)14-6-4-12(11(14)17)3-5-13-7-12/h8-9,13H,3-7H2,1-2H3,(H,15,16)/t9-,12?/m0/s1. The molecule has 17 heavy (non-hydrogen) atoms. The second-order valence-electron chi connectivity index (χ2n) is 5.48. The van der Waals surface area contributed by atoms with Crippen molar-refractivity contribution >= 4 is 11.9 Å². The van der Waals surface area contributed by atoms with Crippen molar-refractivity contribution < 1.29 is 14.7 Å². The summed E-state index contributed by atoms with van der Waals surface area (Å²) in [5.41, 5.74) is -0.317. The lowest BCUT2D eigenvalue weighted by molar-refractivity contribution is -0.152. The predicted octanol–water partition coefficient (Wildman–Crippen LogP) is 0.308. The number of carbonyl (C=O) groups excluding carboxylic acids is 1. The summed E-state index contributed by atoms with van der Waals surface area (Å²) in [7, 11) is 0. The van der Waals surface area contributed by atoms with E-state index >= 15 is 0 Å². The van der Waals surface area contributed by atoms with Gasteiger partial charge >= 0.3 is 5.97 Å². The van der Waals surface area contributed by atoms with Crippen molar-refractivity contribution in [3.8, 4) is 0 Å². The Hall–Kier alpha value is -1.10. The molecule has 2 N–H and O–H groups in total. The average molecular weight is 240 g/mol. The minimum absolute atomic E-state index is 0.0311. The number of likely N-dealkylation sites (tertiary alicyclic amines) is 1. The van der Waals surface area contributed by atoms with E-state index in [0.717, 1.165) is 19.4 Å². The number of amides is 1. The molecule has 5 nitrogen and oxygen atoms in total. The van der Waals surface area contributed by atoms with E-state index in [0.29, 0.717) is 13.1 Å². The lowest BCUT2D eigenvalue weighted by Gasteiger charge is -2.29. The number of nitrogens with one attached hydrogen (secondary N) is 1. The van der Waals surface area contributed by atoms with Gasteiger partial charge in [0.15, 0.2) is 0 Å². The topological polar surface area (TPSA) is 69.6 Å². The molecule has 2 fully saturated rings. The summed E-state index contributed by atoms with van der Waals surface area (Å²) in [6.45, 7) is 5.84. The lowest BCUT2D eigenvalue weighted by atomic mass is 9.85. The number of hydrogen-bond donors (Lipinski definition) is 2. The maximum Gasteiger partial charge on any atom is 0.326 e. The van der Waals surface area contributed by atoms with Crippen LogP contribution in [0.2, 0.25) is 0 Å². The highest BCUT2D eigenvalue weighted by Crippen LogP contribution is 2.39. The summed E-state index contributed by atoms with van der Waals surface area (Å²) in [4.78, 5) is 25.2. The largest absolute Gasteiger partial charge is 0.480 e. The van der Waals surface area contributed by atoms with Gasteiger partial charge in [-0.1, -0.05) is 13.8 Å². The first-order valence-electron chi connectivity index (χ1n) is 6.22. The second kappa shape index (κ2) is 4.29. The molecule has 96 valence electrons. The molecule has 0 saturated carbocycles. The highest BCUT2D eigenvalue weighted by molar-refractivity contribution is 5.89. The van der Waals surface area contributed by atoms with Gasteiger partial charge < -0.3 is 15.3 Å². The van der Waals surface area contributed by atoms with Crippen LogP contribution < -0.4 is 5.32 Å². The van der Waals surface area contributed by atoms with E-state index in [1.165, 1.54) is 0 Å². The van der Waals surface area contributed by atoms with Gasteiger partial charge in [0.25, 0.3) is 0 Å². The molecule has 5 heteroatoms. The fraction of sp³-hybridized carbons (Fsp3) is 0.833. The molecular weight excluding hydrogens is 220 g/mol. The van der Waals surface area contributed by atoms with E-state index in [1.54, 1.807) is 4.90 Å². The third kappa shape index (κ3) is 1.92. The molecule has 2 saturated heterocycles. The molecule has 2 heterocycles. The fourth-order valence-electron chi connectivity index (χ4n) is 3.03. The van der Waals surface area contributed by atoms with Gasteiger partial charge in [-0.25, -0.2) is 4.79 Å². The van der Waals surface area contributed by atoms with Crippen molar-refractivity contribution in [2.24, 2.45) is 11.3 Å². The van der Waals surface area contributed by atoms with E-state index in [2.05, 4.69) is 5.32 Å². The van der Waals surface area contributed by atoms with Crippen LogP contribution in [0.25, 0.3) is 0 Å². The summed E-state index contributed by atoms with van der Waals surface area (Å²) in [6.07, 6.45) is 1.63. The third-order valence-corrected chi connectivity index (χ3v) is 4.01. The summed E-state index contributed by atoms with van der Waals surface area (Å²) >= 11 is 0. The Labute approximate surface area is 101 Å². The van der Waals surface area contributed by atoms with Crippen LogP contribution in [-0.4, -0.2) is 47.6 Å². The van der Waals surface area contributed by atoms with E-state index in [9.17, 15) is 14.7 Å². The van der Waals surface area contributed by atoms with Gasteiger partial charge in [0, 0.05) is 13.1 Å². The highest BCUT2D eigenvalue weighted by Gasteiger charge is 2.51. The smallest absolute Gasteiger partial charge is 0.326 e. The van der Waals surface area contributed by atoms with Crippen LogP contribution in [0.5, 0.6) is 0 Å². The van der Waals surface area contributed by atoms with Crippen LogP contribution in [0.15, 0.2) is 0 Å². The quantitative estimate of drug-likeness (QED) is 0.745. The Bertz CT molecular complexity index is 335. The zero-order chi connectivity index (χ0) is 12.6. The monoisotopic (exact) mass is 240 g/mol. The molecule has 0 bridgehead atoms. The second-order valence-corrected chi connectivity index (χ2v) is 5.48. The highest BCUT2D eigenvalue weighted by atomic mass is 16.4. The first-order chi connectivity index (χ1) is 7.98. The normalized spacial score (nSPS) is 30.5. The van der Waals surface area contributed by atoms with Gasteiger partial charge in [-0.3, -0.25) is 4.79 Å². The zero-order valence-corrected chi connectivity index (χ0v) is 10.4. The number of nitrogens with zero attached hydrogens (tertiary/aromatic N) is 1.